The highest BCUT2D eigenvalue weighted by molar-refractivity contribution is 5.84. The summed E-state index contributed by atoms with van der Waals surface area (Å²) >= 11 is 0. The first-order valence-corrected chi connectivity index (χ1v) is 6.69. The summed E-state index contributed by atoms with van der Waals surface area (Å²) in [5.41, 5.74) is 1.01. The van der Waals surface area contributed by atoms with Gasteiger partial charge in [-0.2, -0.15) is 0 Å². The average molecular weight is 290 g/mol. The molecule has 1 aromatic carbocycles. The minimum atomic E-state index is -1.07. The van der Waals surface area contributed by atoms with Crippen molar-refractivity contribution in [2.24, 2.45) is 0 Å². The van der Waals surface area contributed by atoms with Crippen LogP contribution < -0.4 is 0 Å². The minimum absolute atomic E-state index is 0.0416. The van der Waals surface area contributed by atoms with Gasteiger partial charge < -0.3 is 5.11 Å². The Morgan fingerprint density at radius 1 is 1.38 bits per heavy atom. The molecule has 0 spiro atoms. The van der Waals surface area contributed by atoms with E-state index >= 15 is 0 Å². The number of likely N-dealkylation sites (tertiary alicyclic amines) is 1. The molecular formula is C14H15FN4O2. The second-order valence-electron chi connectivity index (χ2n) is 5.22. The fourth-order valence-electron chi connectivity index (χ4n) is 2.48. The minimum Gasteiger partial charge on any atom is -0.476 e. The van der Waals surface area contributed by atoms with Crippen LogP contribution in [-0.2, 0) is 0 Å². The van der Waals surface area contributed by atoms with E-state index in [0.29, 0.717) is 0 Å². The number of carboxylic acids is 1. The smallest absolute Gasteiger partial charge is 0.358 e. The van der Waals surface area contributed by atoms with E-state index in [1.165, 1.54) is 18.3 Å². The molecule has 0 radical (unpaired) electrons. The van der Waals surface area contributed by atoms with Crippen LogP contribution in [0.4, 0.5) is 4.39 Å². The van der Waals surface area contributed by atoms with Crippen molar-refractivity contribution < 1.29 is 14.3 Å². The fourth-order valence-corrected chi connectivity index (χ4v) is 2.48. The molecule has 1 saturated heterocycles. The molecule has 2 heterocycles. The lowest BCUT2D eigenvalue weighted by atomic mass is 10.0. The van der Waals surface area contributed by atoms with Gasteiger partial charge in [0.05, 0.1) is 12.2 Å². The molecule has 2 aromatic rings. The maximum atomic E-state index is 12.9. The van der Waals surface area contributed by atoms with Gasteiger partial charge in [-0.15, -0.1) is 5.10 Å². The molecule has 1 aliphatic rings. The molecule has 1 aliphatic heterocycles. The summed E-state index contributed by atoms with van der Waals surface area (Å²) < 4.78 is 14.5. The lowest BCUT2D eigenvalue weighted by Crippen LogP contribution is -2.48. The van der Waals surface area contributed by atoms with Crippen molar-refractivity contribution in [3.05, 3.63) is 47.5 Å². The van der Waals surface area contributed by atoms with Gasteiger partial charge >= 0.3 is 5.97 Å². The Bertz CT molecular complexity index is 649. The molecule has 1 fully saturated rings. The zero-order chi connectivity index (χ0) is 15.0. The fraction of sp³-hybridized carbons (Fsp3) is 0.357. The van der Waals surface area contributed by atoms with Crippen LogP contribution in [0.3, 0.4) is 0 Å². The third-order valence-electron chi connectivity index (χ3n) is 3.89. The van der Waals surface area contributed by atoms with Gasteiger partial charge in [-0.05, 0) is 24.6 Å². The van der Waals surface area contributed by atoms with Crippen LogP contribution in [0, 0.1) is 5.82 Å². The van der Waals surface area contributed by atoms with E-state index in [1.807, 2.05) is 0 Å². The Hall–Kier alpha value is -2.28. The first kappa shape index (κ1) is 13.7. The maximum Gasteiger partial charge on any atom is 0.358 e. The van der Waals surface area contributed by atoms with E-state index < -0.39 is 5.97 Å². The van der Waals surface area contributed by atoms with Gasteiger partial charge in [0.25, 0.3) is 0 Å². The highest BCUT2D eigenvalue weighted by atomic mass is 19.1. The quantitative estimate of drug-likeness (QED) is 0.928. The number of halogens is 1. The molecule has 1 N–H and O–H groups in total. The van der Waals surface area contributed by atoms with Crippen LogP contribution in [0.5, 0.6) is 0 Å². The molecule has 0 bridgehead atoms. The molecule has 21 heavy (non-hydrogen) atoms. The van der Waals surface area contributed by atoms with E-state index in [-0.39, 0.29) is 23.6 Å². The Balaban J connectivity index is 1.62. The van der Waals surface area contributed by atoms with Crippen LogP contribution >= 0.6 is 0 Å². The summed E-state index contributed by atoms with van der Waals surface area (Å²) in [7, 11) is 0. The number of carboxylic acid groups (broad SMARTS) is 1. The molecule has 0 saturated carbocycles. The van der Waals surface area contributed by atoms with Crippen molar-refractivity contribution in [1.82, 2.24) is 19.9 Å². The maximum absolute atomic E-state index is 12.9. The predicted octanol–water partition coefficient (Wildman–Crippen LogP) is 1.73. The van der Waals surface area contributed by atoms with Crippen molar-refractivity contribution in [2.45, 2.75) is 19.0 Å². The van der Waals surface area contributed by atoms with Gasteiger partial charge in [-0.25, -0.2) is 13.9 Å². The SMILES string of the molecule is CC(c1ccc(F)cc1)N1CC(n2cc(C(=O)O)nn2)C1. The topological polar surface area (TPSA) is 71.2 Å². The summed E-state index contributed by atoms with van der Waals surface area (Å²) in [4.78, 5) is 13.0. The normalized spacial score (nSPS) is 17.4. The molecular weight excluding hydrogens is 275 g/mol. The van der Waals surface area contributed by atoms with Crippen molar-refractivity contribution in [3.63, 3.8) is 0 Å². The van der Waals surface area contributed by atoms with Gasteiger partial charge in [-0.3, -0.25) is 4.90 Å². The average Bonchev–Trinajstić information content (AvgIpc) is 2.87. The number of benzene rings is 1. The number of aromatic nitrogens is 3. The Morgan fingerprint density at radius 2 is 2.05 bits per heavy atom. The largest absolute Gasteiger partial charge is 0.476 e. The van der Waals surface area contributed by atoms with Crippen LogP contribution in [0.15, 0.2) is 30.5 Å². The van der Waals surface area contributed by atoms with Gasteiger partial charge in [0.1, 0.15) is 5.82 Å². The molecule has 0 amide bonds. The van der Waals surface area contributed by atoms with Crippen LogP contribution in [0.1, 0.15) is 35.1 Å². The van der Waals surface area contributed by atoms with Gasteiger partial charge in [0.2, 0.25) is 0 Å². The van der Waals surface area contributed by atoms with Gasteiger partial charge in [0, 0.05) is 19.1 Å². The molecule has 0 aliphatic carbocycles. The van der Waals surface area contributed by atoms with Crippen molar-refractivity contribution in [2.75, 3.05) is 13.1 Å². The van der Waals surface area contributed by atoms with E-state index in [4.69, 9.17) is 5.11 Å². The second kappa shape index (κ2) is 5.25. The van der Waals surface area contributed by atoms with Crippen molar-refractivity contribution >= 4 is 5.97 Å². The number of aromatic carboxylic acids is 1. The van der Waals surface area contributed by atoms with Crippen LogP contribution in [0.25, 0.3) is 0 Å². The molecule has 1 atom stereocenters. The summed E-state index contributed by atoms with van der Waals surface area (Å²) in [6.45, 7) is 3.59. The monoisotopic (exact) mass is 290 g/mol. The number of carbonyl (C=O) groups is 1. The second-order valence-corrected chi connectivity index (χ2v) is 5.22. The summed E-state index contributed by atoms with van der Waals surface area (Å²) in [6, 6.07) is 6.80. The molecule has 3 rings (SSSR count). The van der Waals surface area contributed by atoms with Crippen molar-refractivity contribution in [1.29, 1.82) is 0 Å². The van der Waals surface area contributed by atoms with Crippen molar-refractivity contribution in [3.8, 4) is 0 Å². The third kappa shape index (κ3) is 2.64. The molecule has 1 aromatic heterocycles. The first-order chi connectivity index (χ1) is 10.0. The zero-order valence-electron chi connectivity index (χ0n) is 11.5. The van der Waals surface area contributed by atoms with Crippen LogP contribution in [0.2, 0.25) is 0 Å². The lowest BCUT2D eigenvalue weighted by Gasteiger charge is -2.43. The highest BCUT2D eigenvalue weighted by Crippen LogP contribution is 2.30. The Kier molecular flexibility index (Phi) is 3.42. The first-order valence-electron chi connectivity index (χ1n) is 6.69. The summed E-state index contributed by atoms with van der Waals surface area (Å²) in [6.07, 6.45) is 1.45. The highest BCUT2D eigenvalue weighted by Gasteiger charge is 2.33. The summed E-state index contributed by atoms with van der Waals surface area (Å²) in [5.74, 6) is -1.31. The van der Waals surface area contributed by atoms with E-state index in [0.717, 1.165) is 18.7 Å². The van der Waals surface area contributed by atoms with Crippen LogP contribution in [-0.4, -0.2) is 44.1 Å². The van der Waals surface area contributed by atoms with E-state index in [1.54, 1.807) is 16.8 Å². The number of hydrogen-bond donors (Lipinski definition) is 1. The molecule has 6 nitrogen and oxygen atoms in total. The number of rotatable bonds is 4. The molecule has 110 valence electrons. The molecule has 1 unspecified atom stereocenters. The lowest BCUT2D eigenvalue weighted by molar-refractivity contribution is 0.0585. The van der Waals surface area contributed by atoms with E-state index in [9.17, 15) is 9.18 Å². The Labute approximate surface area is 120 Å². The molecule has 7 heteroatoms. The zero-order valence-corrected chi connectivity index (χ0v) is 11.5. The predicted molar refractivity (Wildman–Crippen MR) is 72.4 cm³/mol. The number of nitrogens with zero attached hydrogens (tertiary/aromatic N) is 4. The number of hydrogen-bond acceptors (Lipinski definition) is 4. The van der Waals surface area contributed by atoms with Gasteiger partial charge in [-0.1, -0.05) is 17.3 Å². The third-order valence-corrected chi connectivity index (χ3v) is 3.89. The standard InChI is InChI=1S/C14H15FN4O2/c1-9(10-2-4-11(15)5-3-10)18-6-12(7-18)19-8-13(14(20)21)16-17-19/h2-5,8-9,12H,6-7H2,1H3,(H,20,21). The van der Waals surface area contributed by atoms with E-state index in [2.05, 4.69) is 22.1 Å². The van der Waals surface area contributed by atoms with Gasteiger partial charge in [0.15, 0.2) is 5.69 Å². The summed E-state index contributed by atoms with van der Waals surface area (Å²) in [5, 5.41) is 16.3. The Morgan fingerprint density at radius 3 is 2.62 bits per heavy atom.